The van der Waals surface area contributed by atoms with E-state index in [1.165, 1.54) is 0 Å². The van der Waals surface area contributed by atoms with Crippen molar-refractivity contribution in [1.82, 2.24) is 9.55 Å². The van der Waals surface area contributed by atoms with Crippen LogP contribution in [-0.2, 0) is 7.05 Å². The minimum Gasteiger partial charge on any atom is -0.295 e. The van der Waals surface area contributed by atoms with Crippen LogP contribution in [0.15, 0.2) is 47.3 Å². The molecule has 0 spiro atoms. The van der Waals surface area contributed by atoms with E-state index in [-0.39, 0.29) is 5.56 Å². The molecule has 0 unspecified atom stereocenters. The molecule has 2 aromatic carbocycles. The minimum absolute atomic E-state index is 0.0692. The van der Waals surface area contributed by atoms with Gasteiger partial charge in [0.2, 0.25) is 0 Å². The SMILES string of the molecule is Cn1c(-c2ccc(I)cc2)nc2cc(Cl)ccc2c1=O. The molecule has 0 amide bonds. The molecule has 0 fully saturated rings. The number of hydrogen-bond acceptors (Lipinski definition) is 2. The Morgan fingerprint density at radius 1 is 1.15 bits per heavy atom. The van der Waals surface area contributed by atoms with Gasteiger partial charge in [-0.2, -0.15) is 0 Å². The van der Waals surface area contributed by atoms with Crippen molar-refractivity contribution in [3.63, 3.8) is 0 Å². The molecule has 3 aromatic rings. The molecule has 3 nitrogen and oxygen atoms in total. The van der Waals surface area contributed by atoms with E-state index in [1.54, 1.807) is 29.8 Å². The van der Waals surface area contributed by atoms with Crippen LogP contribution in [0.5, 0.6) is 0 Å². The topological polar surface area (TPSA) is 34.9 Å². The van der Waals surface area contributed by atoms with Crippen molar-refractivity contribution in [2.45, 2.75) is 0 Å². The normalized spacial score (nSPS) is 10.9. The van der Waals surface area contributed by atoms with E-state index < -0.39 is 0 Å². The molecule has 5 heteroatoms. The van der Waals surface area contributed by atoms with Crippen molar-refractivity contribution >= 4 is 45.1 Å². The molecule has 0 aliphatic rings. The summed E-state index contributed by atoms with van der Waals surface area (Å²) in [5.74, 6) is 0.640. The van der Waals surface area contributed by atoms with Crippen molar-refractivity contribution in [1.29, 1.82) is 0 Å². The summed E-state index contributed by atoms with van der Waals surface area (Å²) >= 11 is 8.22. The molecule has 0 aliphatic carbocycles. The first-order valence-electron chi connectivity index (χ1n) is 5.98. The molecule has 20 heavy (non-hydrogen) atoms. The Morgan fingerprint density at radius 2 is 1.85 bits per heavy atom. The second-order valence-corrected chi connectivity index (χ2v) is 6.15. The maximum absolute atomic E-state index is 12.4. The molecule has 100 valence electrons. The highest BCUT2D eigenvalue weighted by molar-refractivity contribution is 14.1. The molecule has 0 saturated carbocycles. The lowest BCUT2D eigenvalue weighted by molar-refractivity contribution is 0.856. The quantitative estimate of drug-likeness (QED) is 0.586. The zero-order chi connectivity index (χ0) is 14.3. The van der Waals surface area contributed by atoms with Crippen molar-refractivity contribution in [2.75, 3.05) is 0 Å². The summed E-state index contributed by atoms with van der Waals surface area (Å²) in [5.41, 5.74) is 1.46. The fourth-order valence-corrected chi connectivity index (χ4v) is 2.63. The third kappa shape index (κ3) is 2.33. The lowest BCUT2D eigenvalue weighted by Gasteiger charge is -2.09. The zero-order valence-corrected chi connectivity index (χ0v) is 13.5. The number of hydrogen-bond donors (Lipinski definition) is 0. The highest BCUT2D eigenvalue weighted by Gasteiger charge is 2.10. The Kier molecular flexibility index (Phi) is 3.52. The van der Waals surface area contributed by atoms with Gasteiger partial charge in [-0.25, -0.2) is 4.98 Å². The Hall–Kier alpha value is -1.40. The van der Waals surface area contributed by atoms with Gasteiger partial charge in [0.25, 0.3) is 5.56 Å². The Balaban J connectivity index is 2.33. The van der Waals surface area contributed by atoms with E-state index in [0.717, 1.165) is 9.13 Å². The molecule has 3 rings (SSSR count). The molecular formula is C15H10ClIN2O. The predicted octanol–water partition coefficient (Wildman–Crippen LogP) is 3.86. The van der Waals surface area contributed by atoms with E-state index in [1.807, 2.05) is 24.3 Å². The summed E-state index contributed by atoms with van der Waals surface area (Å²) in [4.78, 5) is 17.0. The van der Waals surface area contributed by atoms with E-state index in [0.29, 0.717) is 21.7 Å². The van der Waals surface area contributed by atoms with E-state index in [4.69, 9.17) is 11.6 Å². The molecule has 1 aromatic heterocycles. The number of rotatable bonds is 1. The number of fused-ring (bicyclic) bond motifs is 1. The summed E-state index contributed by atoms with van der Waals surface area (Å²) in [6.45, 7) is 0. The van der Waals surface area contributed by atoms with Gasteiger partial charge >= 0.3 is 0 Å². The lowest BCUT2D eigenvalue weighted by atomic mass is 10.2. The summed E-state index contributed by atoms with van der Waals surface area (Å²) in [7, 11) is 1.73. The van der Waals surface area contributed by atoms with E-state index in [2.05, 4.69) is 27.6 Å². The Bertz CT molecular complexity index is 856. The number of aromatic nitrogens is 2. The maximum Gasteiger partial charge on any atom is 0.261 e. The molecule has 0 bridgehead atoms. The second-order valence-electron chi connectivity index (χ2n) is 4.47. The highest BCUT2D eigenvalue weighted by Crippen LogP contribution is 2.21. The first-order valence-corrected chi connectivity index (χ1v) is 7.44. The van der Waals surface area contributed by atoms with Crippen LogP contribution in [0, 0.1) is 3.57 Å². The van der Waals surface area contributed by atoms with Crippen molar-refractivity contribution in [3.8, 4) is 11.4 Å². The largest absolute Gasteiger partial charge is 0.295 e. The number of halogens is 2. The summed E-state index contributed by atoms with van der Waals surface area (Å²) in [5, 5.41) is 1.15. The average Bonchev–Trinajstić information content (AvgIpc) is 2.44. The van der Waals surface area contributed by atoms with Crippen molar-refractivity contribution in [3.05, 3.63) is 61.4 Å². The predicted molar refractivity (Wildman–Crippen MR) is 90.1 cm³/mol. The molecule has 0 atom stereocenters. The summed E-state index contributed by atoms with van der Waals surface area (Å²) < 4.78 is 2.71. The summed E-state index contributed by atoms with van der Waals surface area (Å²) in [6, 6.07) is 13.0. The molecular weight excluding hydrogens is 387 g/mol. The number of benzene rings is 2. The van der Waals surface area contributed by atoms with Gasteiger partial charge in [0.05, 0.1) is 10.9 Å². The van der Waals surface area contributed by atoms with Crippen LogP contribution in [0.3, 0.4) is 0 Å². The summed E-state index contributed by atoms with van der Waals surface area (Å²) in [6.07, 6.45) is 0. The van der Waals surface area contributed by atoms with Gasteiger partial charge in [0.15, 0.2) is 0 Å². The third-order valence-corrected chi connectivity index (χ3v) is 4.10. The standard InChI is InChI=1S/C15H10ClIN2O/c1-19-14(9-2-5-11(17)6-3-9)18-13-8-10(16)4-7-12(13)15(19)20/h2-8H,1H3. The maximum atomic E-state index is 12.4. The zero-order valence-electron chi connectivity index (χ0n) is 10.6. The van der Waals surface area contributed by atoms with Crippen LogP contribution in [0.2, 0.25) is 5.02 Å². The van der Waals surface area contributed by atoms with Crippen molar-refractivity contribution in [2.24, 2.45) is 7.05 Å². The second kappa shape index (κ2) is 5.18. The smallest absolute Gasteiger partial charge is 0.261 e. The fourth-order valence-electron chi connectivity index (χ4n) is 2.10. The van der Waals surface area contributed by atoms with Gasteiger partial charge in [-0.05, 0) is 52.9 Å². The first kappa shape index (κ1) is 13.6. The van der Waals surface area contributed by atoms with Crippen LogP contribution in [0.1, 0.15) is 0 Å². The van der Waals surface area contributed by atoms with Crippen molar-refractivity contribution < 1.29 is 0 Å². The minimum atomic E-state index is -0.0692. The van der Waals surface area contributed by atoms with Crippen LogP contribution >= 0.6 is 34.2 Å². The van der Waals surface area contributed by atoms with Gasteiger partial charge in [-0.15, -0.1) is 0 Å². The molecule has 1 heterocycles. The van der Waals surface area contributed by atoms with Crippen LogP contribution in [-0.4, -0.2) is 9.55 Å². The molecule has 0 radical (unpaired) electrons. The Morgan fingerprint density at radius 3 is 2.55 bits per heavy atom. The van der Waals surface area contributed by atoms with Gasteiger partial charge in [0, 0.05) is 21.2 Å². The number of nitrogens with zero attached hydrogens (tertiary/aromatic N) is 2. The van der Waals surface area contributed by atoms with Gasteiger partial charge in [-0.1, -0.05) is 23.7 Å². The monoisotopic (exact) mass is 396 g/mol. The Labute approximate surface area is 134 Å². The molecule has 0 saturated heterocycles. The lowest BCUT2D eigenvalue weighted by Crippen LogP contribution is -2.20. The third-order valence-electron chi connectivity index (χ3n) is 3.14. The van der Waals surface area contributed by atoms with Gasteiger partial charge in [-0.3, -0.25) is 9.36 Å². The van der Waals surface area contributed by atoms with Crippen LogP contribution in [0.4, 0.5) is 0 Å². The average molecular weight is 397 g/mol. The molecule has 0 N–H and O–H groups in total. The highest BCUT2D eigenvalue weighted by atomic mass is 127. The van der Waals surface area contributed by atoms with Crippen LogP contribution < -0.4 is 5.56 Å². The van der Waals surface area contributed by atoms with Crippen LogP contribution in [0.25, 0.3) is 22.3 Å². The molecule has 0 aliphatic heterocycles. The fraction of sp³-hybridized carbons (Fsp3) is 0.0667. The first-order chi connectivity index (χ1) is 9.56. The van der Waals surface area contributed by atoms with E-state index in [9.17, 15) is 4.79 Å². The van der Waals surface area contributed by atoms with Gasteiger partial charge < -0.3 is 0 Å². The van der Waals surface area contributed by atoms with E-state index >= 15 is 0 Å². The van der Waals surface area contributed by atoms with Gasteiger partial charge in [0.1, 0.15) is 5.82 Å².